The maximum absolute atomic E-state index is 5.97. The molecular formula is C13H15ClN2S2. The predicted molar refractivity (Wildman–Crippen MR) is 80.8 cm³/mol. The summed E-state index contributed by atoms with van der Waals surface area (Å²) >= 11 is 9.50. The third kappa shape index (κ3) is 4.28. The zero-order valence-corrected chi connectivity index (χ0v) is 12.5. The van der Waals surface area contributed by atoms with E-state index in [4.69, 9.17) is 11.6 Å². The zero-order chi connectivity index (χ0) is 12.8. The lowest BCUT2D eigenvalue weighted by Gasteiger charge is -2.14. The quantitative estimate of drug-likeness (QED) is 0.823. The number of thioether (sulfide) groups is 1. The van der Waals surface area contributed by atoms with Crippen LogP contribution in [0.15, 0.2) is 40.7 Å². The number of hydrogen-bond donors (Lipinski definition) is 1. The van der Waals surface area contributed by atoms with E-state index in [2.05, 4.69) is 16.4 Å². The molecule has 0 saturated carbocycles. The average molecular weight is 299 g/mol. The average Bonchev–Trinajstić information content (AvgIpc) is 2.87. The summed E-state index contributed by atoms with van der Waals surface area (Å²) in [5.41, 5.74) is 0. The molecule has 0 spiro atoms. The van der Waals surface area contributed by atoms with Gasteiger partial charge in [0, 0.05) is 39.7 Å². The Morgan fingerprint density at radius 2 is 2.39 bits per heavy atom. The first-order chi connectivity index (χ1) is 8.78. The lowest BCUT2D eigenvalue weighted by molar-refractivity contribution is 0.615. The molecule has 2 rings (SSSR count). The first kappa shape index (κ1) is 13.9. The lowest BCUT2D eigenvalue weighted by atomic mass is 10.2. The number of nitrogens with one attached hydrogen (secondary N) is 1. The molecule has 18 heavy (non-hydrogen) atoms. The Hall–Kier alpha value is -0.550. The third-order valence-corrected chi connectivity index (χ3v) is 4.75. The van der Waals surface area contributed by atoms with Gasteiger partial charge in [0.05, 0.1) is 5.01 Å². The number of halogens is 1. The van der Waals surface area contributed by atoms with E-state index in [9.17, 15) is 0 Å². The van der Waals surface area contributed by atoms with Crippen molar-refractivity contribution in [1.82, 2.24) is 10.3 Å². The molecule has 1 atom stereocenters. The van der Waals surface area contributed by atoms with Gasteiger partial charge in [-0.05, 0) is 25.2 Å². The number of hydrogen-bond acceptors (Lipinski definition) is 4. The highest BCUT2D eigenvalue weighted by molar-refractivity contribution is 7.99. The van der Waals surface area contributed by atoms with Crippen LogP contribution in [0.2, 0.25) is 5.02 Å². The number of rotatable bonds is 6. The van der Waals surface area contributed by atoms with Crippen molar-refractivity contribution in [3.63, 3.8) is 0 Å². The van der Waals surface area contributed by atoms with Gasteiger partial charge in [0.2, 0.25) is 0 Å². The molecule has 0 aliphatic heterocycles. The van der Waals surface area contributed by atoms with Crippen LogP contribution in [0.4, 0.5) is 0 Å². The molecule has 0 saturated heterocycles. The van der Waals surface area contributed by atoms with E-state index in [1.54, 1.807) is 11.3 Å². The molecule has 5 heteroatoms. The Kier molecular flexibility index (Phi) is 5.50. The Morgan fingerprint density at radius 1 is 1.50 bits per heavy atom. The molecule has 0 aliphatic rings. The summed E-state index contributed by atoms with van der Waals surface area (Å²) in [5.74, 6) is 1.01. The van der Waals surface area contributed by atoms with Gasteiger partial charge in [0.25, 0.3) is 0 Å². The molecule has 0 aliphatic carbocycles. The number of benzene rings is 1. The lowest BCUT2D eigenvalue weighted by Crippen LogP contribution is -2.29. The SMILES string of the molecule is CNC(CSc1cccc(Cl)c1)Cc1nccs1. The fourth-order valence-electron chi connectivity index (χ4n) is 1.56. The van der Waals surface area contributed by atoms with E-state index in [1.807, 2.05) is 48.6 Å². The summed E-state index contributed by atoms with van der Waals surface area (Å²) in [6, 6.07) is 8.41. The number of thiazole rings is 1. The maximum Gasteiger partial charge on any atom is 0.0940 e. The van der Waals surface area contributed by atoms with Crippen LogP contribution in [0.25, 0.3) is 0 Å². The Morgan fingerprint density at radius 3 is 3.06 bits per heavy atom. The molecule has 2 aromatic rings. The van der Waals surface area contributed by atoms with Crippen molar-refractivity contribution in [2.24, 2.45) is 0 Å². The maximum atomic E-state index is 5.97. The minimum Gasteiger partial charge on any atom is -0.316 e. The van der Waals surface area contributed by atoms with Crippen LogP contribution in [0.3, 0.4) is 0 Å². The van der Waals surface area contributed by atoms with Gasteiger partial charge in [0.1, 0.15) is 0 Å². The summed E-state index contributed by atoms with van der Waals surface area (Å²) in [5, 5.41) is 7.33. The number of likely N-dealkylation sites (N-methyl/N-ethyl adjacent to an activating group) is 1. The highest BCUT2D eigenvalue weighted by Gasteiger charge is 2.09. The zero-order valence-electron chi connectivity index (χ0n) is 10.1. The molecule has 0 amide bonds. The van der Waals surface area contributed by atoms with Crippen LogP contribution in [-0.2, 0) is 6.42 Å². The molecular weight excluding hydrogens is 284 g/mol. The van der Waals surface area contributed by atoms with Gasteiger partial charge in [-0.15, -0.1) is 23.1 Å². The van der Waals surface area contributed by atoms with Crippen molar-refractivity contribution in [1.29, 1.82) is 0 Å². The molecule has 1 aromatic carbocycles. The van der Waals surface area contributed by atoms with E-state index in [-0.39, 0.29) is 0 Å². The smallest absolute Gasteiger partial charge is 0.0940 e. The second-order valence-electron chi connectivity index (χ2n) is 3.88. The van der Waals surface area contributed by atoms with E-state index >= 15 is 0 Å². The summed E-state index contributed by atoms with van der Waals surface area (Å²) < 4.78 is 0. The third-order valence-electron chi connectivity index (χ3n) is 2.56. The van der Waals surface area contributed by atoms with Crippen LogP contribution in [0, 0.1) is 0 Å². The first-order valence-corrected chi connectivity index (χ1v) is 7.96. The van der Waals surface area contributed by atoms with E-state index in [0.29, 0.717) is 6.04 Å². The second kappa shape index (κ2) is 7.14. The highest BCUT2D eigenvalue weighted by Crippen LogP contribution is 2.23. The molecule has 2 nitrogen and oxygen atoms in total. The van der Waals surface area contributed by atoms with Gasteiger partial charge in [-0.2, -0.15) is 0 Å². The van der Waals surface area contributed by atoms with Gasteiger partial charge in [-0.25, -0.2) is 4.98 Å². The standard InChI is InChI=1S/C13H15ClN2S2/c1-15-11(8-13-16-5-6-17-13)9-18-12-4-2-3-10(14)7-12/h2-7,11,15H,8-9H2,1H3. The van der Waals surface area contributed by atoms with E-state index in [0.717, 1.165) is 17.2 Å². The molecule has 0 bridgehead atoms. The van der Waals surface area contributed by atoms with Gasteiger partial charge in [-0.3, -0.25) is 0 Å². The molecule has 96 valence electrons. The van der Waals surface area contributed by atoms with Crippen LogP contribution < -0.4 is 5.32 Å². The minimum atomic E-state index is 0.431. The Bertz CT molecular complexity index is 474. The van der Waals surface area contributed by atoms with Gasteiger partial charge < -0.3 is 5.32 Å². The van der Waals surface area contributed by atoms with Crippen molar-refractivity contribution in [2.75, 3.05) is 12.8 Å². The van der Waals surface area contributed by atoms with Gasteiger partial charge in [-0.1, -0.05) is 17.7 Å². The summed E-state index contributed by atoms with van der Waals surface area (Å²) in [6.45, 7) is 0. The van der Waals surface area contributed by atoms with Crippen LogP contribution in [0.5, 0.6) is 0 Å². The van der Waals surface area contributed by atoms with Crippen LogP contribution in [-0.4, -0.2) is 23.8 Å². The van der Waals surface area contributed by atoms with Gasteiger partial charge in [0.15, 0.2) is 0 Å². The second-order valence-corrected chi connectivity index (χ2v) is 6.39. The molecule has 0 radical (unpaired) electrons. The predicted octanol–water partition coefficient (Wildman–Crippen LogP) is 3.72. The molecule has 0 fully saturated rings. The summed E-state index contributed by atoms with van der Waals surface area (Å²) in [4.78, 5) is 5.53. The van der Waals surface area contributed by atoms with Crippen LogP contribution >= 0.6 is 34.7 Å². The molecule has 1 N–H and O–H groups in total. The monoisotopic (exact) mass is 298 g/mol. The Labute approximate surface area is 121 Å². The van der Waals surface area contributed by atoms with Crippen molar-refractivity contribution < 1.29 is 0 Å². The fraction of sp³-hybridized carbons (Fsp3) is 0.308. The van der Waals surface area contributed by atoms with Crippen LogP contribution in [0.1, 0.15) is 5.01 Å². The Balaban J connectivity index is 1.87. The normalized spacial score (nSPS) is 12.6. The van der Waals surface area contributed by atoms with Gasteiger partial charge >= 0.3 is 0 Å². The summed E-state index contributed by atoms with van der Waals surface area (Å²) in [7, 11) is 2.00. The summed E-state index contributed by atoms with van der Waals surface area (Å²) in [6.07, 6.45) is 2.83. The number of aromatic nitrogens is 1. The minimum absolute atomic E-state index is 0.431. The van der Waals surface area contributed by atoms with Crippen molar-refractivity contribution in [3.8, 4) is 0 Å². The number of nitrogens with zero attached hydrogens (tertiary/aromatic N) is 1. The van der Waals surface area contributed by atoms with Crippen molar-refractivity contribution in [3.05, 3.63) is 45.9 Å². The highest BCUT2D eigenvalue weighted by atomic mass is 35.5. The molecule has 1 unspecified atom stereocenters. The molecule has 1 heterocycles. The van der Waals surface area contributed by atoms with Crippen molar-refractivity contribution in [2.45, 2.75) is 17.4 Å². The van der Waals surface area contributed by atoms with Crippen molar-refractivity contribution >= 4 is 34.7 Å². The molecule has 1 aromatic heterocycles. The van der Waals surface area contributed by atoms with E-state index in [1.165, 1.54) is 9.90 Å². The van der Waals surface area contributed by atoms with E-state index < -0.39 is 0 Å². The topological polar surface area (TPSA) is 24.9 Å². The first-order valence-electron chi connectivity index (χ1n) is 5.72. The largest absolute Gasteiger partial charge is 0.316 e. The fourth-order valence-corrected chi connectivity index (χ4v) is 3.58.